The molecule has 7 nitrogen and oxygen atoms in total. The predicted molar refractivity (Wildman–Crippen MR) is 131 cm³/mol. The third-order valence-corrected chi connectivity index (χ3v) is 5.63. The van der Waals surface area contributed by atoms with Crippen LogP contribution >= 0.6 is 0 Å². The third-order valence-electron chi connectivity index (χ3n) is 5.63. The lowest BCUT2D eigenvalue weighted by Gasteiger charge is -2.19. The zero-order valence-electron chi connectivity index (χ0n) is 19.0. The molecule has 0 saturated carbocycles. The van der Waals surface area contributed by atoms with E-state index in [1.807, 2.05) is 36.4 Å². The summed E-state index contributed by atoms with van der Waals surface area (Å²) >= 11 is 0. The second-order valence-corrected chi connectivity index (χ2v) is 8.19. The number of aliphatic hydroxyl groups is 1. The van der Waals surface area contributed by atoms with Crippen LogP contribution in [0.4, 0.5) is 0 Å². The second-order valence-electron chi connectivity index (χ2n) is 8.19. The van der Waals surface area contributed by atoms with Gasteiger partial charge in [-0.3, -0.25) is 9.78 Å². The van der Waals surface area contributed by atoms with Crippen molar-refractivity contribution in [3.05, 3.63) is 77.1 Å². The molecule has 0 spiro atoms. The van der Waals surface area contributed by atoms with Crippen LogP contribution < -0.4 is 14.8 Å². The van der Waals surface area contributed by atoms with Crippen molar-refractivity contribution in [3.8, 4) is 22.6 Å². The van der Waals surface area contributed by atoms with Crippen molar-refractivity contribution in [1.82, 2.24) is 10.3 Å². The first kappa shape index (κ1) is 23.5. The van der Waals surface area contributed by atoms with Crippen LogP contribution in [0, 0.1) is 6.92 Å². The number of benzene rings is 2. The van der Waals surface area contributed by atoms with Crippen molar-refractivity contribution >= 4 is 18.1 Å². The third kappa shape index (κ3) is 6.01. The van der Waals surface area contributed by atoms with Gasteiger partial charge in [-0.1, -0.05) is 36.4 Å². The summed E-state index contributed by atoms with van der Waals surface area (Å²) < 4.78 is 11.4. The number of carboxylic acid groups (broad SMARTS) is 1. The Balaban J connectivity index is 1.41. The van der Waals surface area contributed by atoms with Gasteiger partial charge in [-0.05, 0) is 59.0 Å². The maximum Gasteiger partial charge on any atom is 0.306 e. The van der Waals surface area contributed by atoms with Gasteiger partial charge in [-0.15, -0.1) is 0 Å². The van der Waals surface area contributed by atoms with Gasteiger partial charge < -0.3 is 25.0 Å². The Kier molecular flexibility index (Phi) is 7.57. The van der Waals surface area contributed by atoms with Gasteiger partial charge in [0, 0.05) is 19.3 Å². The van der Waals surface area contributed by atoms with Gasteiger partial charge in [0.15, 0.2) is 11.5 Å². The molecule has 1 aromatic heterocycles. The van der Waals surface area contributed by atoms with Gasteiger partial charge in [-0.25, -0.2) is 0 Å². The Labute approximate surface area is 198 Å². The van der Waals surface area contributed by atoms with E-state index < -0.39 is 12.1 Å². The molecule has 1 unspecified atom stereocenters. The van der Waals surface area contributed by atoms with E-state index in [1.165, 1.54) is 0 Å². The van der Waals surface area contributed by atoms with E-state index in [2.05, 4.69) is 41.5 Å². The Morgan fingerprint density at radius 1 is 1.12 bits per heavy atom. The fourth-order valence-corrected chi connectivity index (χ4v) is 3.83. The lowest BCUT2D eigenvalue weighted by Crippen LogP contribution is -2.28. The Morgan fingerprint density at radius 2 is 1.94 bits per heavy atom. The number of carbonyl (C=O) groups is 1. The lowest BCUT2D eigenvalue weighted by molar-refractivity contribution is -0.139. The van der Waals surface area contributed by atoms with Gasteiger partial charge in [-0.2, -0.15) is 0 Å². The number of aromatic nitrogens is 1. The van der Waals surface area contributed by atoms with E-state index in [9.17, 15) is 9.90 Å². The number of aliphatic carboxylic acids is 1. The van der Waals surface area contributed by atoms with Crippen molar-refractivity contribution in [2.45, 2.75) is 26.0 Å². The van der Waals surface area contributed by atoms with Crippen LogP contribution in [-0.2, 0) is 11.3 Å². The maximum absolute atomic E-state index is 10.6. The molecular formula is C27H28N2O5. The first-order chi connectivity index (χ1) is 16.5. The number of pyridine rings is 1. The van der Waals surface area contributed by atoms with Crippen molar-refractivity contribution in [2.75, 3.05) is 19.8 Å². The number of carboxylic acids is 1. The molecule has 2 heterocycles. The smallest absolute Gasteiger partial charge is 0.306 e. The first-order valence-electron chi connectivity index (χ1n) is 11.2. The highest BCUT2D eigenvalue weighted by Gasteiger charge is 2.14. The Morgan fingerprint density at radius 3 is 2.71 bits per heavy atom. The molecule has 4 rings (SSSR count). The zero-order valence-corrected chi connectivity index (χ0v) is 19.0. The fraction of sp³-hybridized carbons (Fsp3) is 0.259. The molecule has 1 aliphatic rings. The predicted octanol–water partition coefficient (Wildman–Crippen LogP) is 3.92. The molecule has 0 bridgehead atoms. The Bertz CT molecular complexity index is 1170. The molecule has 2 aromatic carbocycles. The number of hydrogen-bond donors (Lipinski definition) is 3. The van der Waals surface area contributed by atoms with Crippen molar-refractivity contribution in [1.29, 1.82) is 0 Å². The van der Waals surface area contributed by atoms with Crippen LogP contribution in [0.25, 0.3) is 23.3 Å². The molecule has 1 atom stereocenters. The van der Waals surface area contributed by atoms with Crippen LogP contribution in [0.2, 0.25) is 0 Å². The molecule has 7 heteroatoms. The molecule has 34 heavy (non-hydrogen) atoms. The lowest BCUT2D eigenvalue weighted by atomic mass is 9.95. The fourth-order valence-electron chi connectivity index (χ4n) is 3.83. The normalized spacial score (nSPS) is 13.7. The number of nitrogens with zero attached hydrogens (tertiary/aromatic N) is 1. The number of aliphatic hydroxyl groups excluding tert-OH is 1. The molecule has 0 radical (unpaired) electrons. The summed E-state index contributed by atoms with van der Waals surface area (Å²) in [5, 5.41) is 21.3. The molecule has 3 aromatic rings. The van der Waals surface area contributed by atoms with Crippen LogP contribution in [0.5, 0.6) is 11.5 Å². The minimum absolute atomic E-state index is 0.215. The van der Waals surface area contributed by atoms with Gasteiger partial charge in [0.05, 0.1) is 18.2 Å². The van der Waals surface area contributed by atoms with Crippen LogP contribution in [0.1, 0.15) is 28.8 Å². The quantitative estimate of drug-likeness (QED) is 0.445. The van der Waals surface area contributed by atoms with Gasteiger partial charge in [0.25, 0.3) is 0 Å². The number of rotatable bonds is 9. The molecule has 176 valence electrons. The average molecular weight is 461 g/mol. The number of hydrogen-bond acceptors (Lipinski definition) is 6. The number of fused-ring (bicyclic) bond motifs is 1. The summed E-state index contributed by atoms with van der Waals surface area (Å²) in [6.07, 6.45) is 4.62. The van der Waals surface area contributed by atoms with E-state index >= 15 is 0 Å². The summed E-state index contributed by atoms with van der Waals surface area (Å²) in [5.41, 5.74) is 6.28. The van der Waals surface area contributed by atoms with E-state index in [0.717, 1.165) is 45.0 Å². The maximum atomic E-state index is 10.6. The van der Waals surface area contributed by atoms with Gasteiger partial charge in [0.1, 0.15) is 13.2 Å². The Hall–Kier alpha value is -3.68. The van der Waals surface area contributed by atoms with Gasteiger partial charge in [0.2, 0.25) is 0 Å². The summed E-state index contributed by atoms with van der Waals surface area (Å²) in [6, 6.07) is 16.2. The van der Waals surface area contributed by atoms with E-state index in [0.29, 0.717) is 19.8 Å². The largest absolute Gasteiger partial charge is 0.486 e. The average Bonchev–Trinajstić information content (AvgIpc) is 2.83. The highest BCUT2D eigenvalue weighted by Crippen LogP contribution is 2.36. The molecular weight excluding hydrogens is 432 g/mol. The molecule has 3 N–H and O–H groups in total. The van der Waals surface area contributed by atoms with E-state index in [4.69, 9.17) is 14.6 Å². The standard InChI is InChI=1S/C27H28N2O5/c1-18-20(3-2-4-24(18)21-7-10-25-26(13-21)34-12-11-33-25)6-9-22-8-5-19(16-29-22)15-28-17-23(30)14-27(31)32/h2-10,13,16,23,28,30H,11-12,14-15,17H2,1H3,(H,31,32)/b9-6+. The highest BCUT2D eigenvalue weighted by atomic mass is 16.6. The summed E-state index contributed by atoms with van der Waals surface area (Å²) in [6.45, 7) is 3.96. The number of ether oxygens (including phenoxy) is 2. The molecule has 0 aliphatic carbocycles. The highest BCUT2D eigenvalue weighted by molar-refractivity contribution is 5.77. The molecule has 0 amide bonds. The first-order valence-corrected chi connectivity index (χ1v) is 11.2. The van der Waals surface area contributed by atoms with Crippen LogP contribution in [-0.4, -0.2) is 47.0 Å². The SMILES string of the molecule is Cc1c(/C=C/c2ccc(CNCC(O)CC(=O)O)cn2)cccc1-c1ccc2c(c1)OCCO2. The summed E-state index contributed by atoms with van der Waals surface area (Å²) in [5.74, 6) is 0.545. The summed E-state index contributed by atoms with van der Waals surface area (Å²) in [7, 11) is 0. The summed E-state index contributed by atoms with van der Waals surface area (Å²) in [4.78, 5) is 15.1. The molecule has 1 aliphatic heterocycles. The van der Waals surface area contributed by atoms with E-state index in [1.54, 1.807) is 6.20 Å². The van der Waals surface area contributed by atoms with Gasteiger partial charge >= 0.3 is 5.97 Å². The minimum atomic E-state index is -1.01. The zero-order chi connectivity index (χ0) is 23.9. The van der Waals surface area contributed by atoms with Crippen molar-refractivity contribution in [3.63, 3.8) is 0 Å². The van der Waals surface area contributed by atoms with Crippen molar-refractivity contribution in [2.24, 2.45) is 0 Å². The molecule has 0 fully saturated rings. The van der Waals surface area contributed by atoms with Crippen LogP contribution in [0.3, 0.4) is 0 Å². The topological polar surface area (TPSA) is 101 Å². The molecule has 0 saturated heterocycles. The second kappa shape index (κ2) is 11.0. The van der Waals surface area contributed by atoms with Crippen molar-refractivity contribution < 1.29 is 24.5 Å². The minimum Gasteiger partial charge on any atom is -0.486 e. The monoisotopic (exact) mass is 460 g/mol. The van der Waals surface area contributed by atoms with Crippen LogP contribution in [0.15, 0.2) is 54.7 Å². The number of nitrogens with one attached hydrogen (secondary N) is 1. The van der Waals surface area contributed by atoms with E-state index in [-0.39, 0.29) is 13.0 Å².